The zero-order valence-corrected chi connectivity index (χ0v) is 14.5. The lowest BCUT2D eigenvalue weighted by molar-refractivity contribution is -0.116. The molecular formula is C14H21ClN2O4S. The average molecular weight is 349 g/mol. The zero-order valence-electron chi connectivity index (χ0n) is 12.9. The number of nitrogens with one attached hydrogen (secondary N) is 1. The standard InChI is InChI=1S/C14H21ClN2O4S/c1-4-5-8-22(19,20)17(2)10-14(18)16-12-9-11(15)6-7-13(12)21-3/h6-7,9H,4-5,8,10H2,1-3H3,(H,16,18). The van der Waals surface area contributed by atoms with Gasteiger partial charge in [-0.15, -0.1) is 0 Å². The number of rotatable bonds is 8. The number of methoxy groups -OCH3 is 1. The third-order valence-electron chi connectivity index (χ3n) is 3.03. The smallest absolute Gasteiger partial charge is 0.239 e. The first-order valence-corrected chi connectivity index (χ1v) is 8.86. The Morgan fingerprint density at radius 1 is 1.41 bits per heavy atom. The second-order valence-electron chi connectivity index (χ2n) is 4.82. The Morgan fingerprint density at radius 3 is 2.68 bits per heavy atom. The summed E-state index contributed by atoms with van der Waals surface area (Å²) in [4.78, 5) is 12.0. The number of carbonyl (C=O) groups excluding carboxylic acids is 1. The predicted molar refractivity (Wildman–Crippen MR) is 88.0 cm³/mol. The van der Waals surface area contributed by atoms with Crippen LogP contribution in [0.5, 0.6) is 5.75 Å². The van der Waals surface area contributed by atoms with Crippen molar-refractivity contribution in [2.75, 3.05) is 31.8 Å². The predicted octanol–water partition coefficient (Wildman–Crippen LogP) is 2.35. The summed E-state index contributed by atoms with van der Waals surface area (Å²) in [5, 5.41) is 3.05. The van der Waals surface area contributed by atoms with Crippen LogP contribution in [-0.4, -0.2) is 45.1 Å². The second-order valence-corrected chi connectivity index (χ2v) is 7.45. The van der Waals surface area contributed by atoms with Gasteiger partial charge in [0.1, 0.15) is 5.75 Å². The fraction of sp³-hybridized carbons (Fsp3) is 0.500. The molecule has 1 N–H and O–H groups in total. The zero-order chi connectivity index (χ0) is 16.8. The van der Waals surface area contributed by atoms with Gasteiger partial charge in [-0.25, -0.2) is 8.42 Å². The summed E-state index contributed by atoms with van der Waals surface area (Å²) in [7, 11) is -0.557. The van der Waals surface area contributed by atoms with E-state index in [4.69, 9.17) is 16.3 Å². The van der Waals surface area contributed by atoms with Crippen LogP contribution in [0.4, 0.5) is 5.69 Å². The Kier molecular flexibility index (Phi) is 7.12. The van der Waals surface area contributed by atoms with Crippen molar-refractivity contribution >= 4 is 33.2 Å². The highest BCUT2D eigenvalue weighted by Gasteiger charge is 2.20. The highest BCUT2D eigenvalue weighted by atomic mass is 35.5. The Morgan fingerprint density at radius 2 is 2.09 bits per heavy atom. The molecule has 124 valence electrons. The summed E-state index contributed by atoms with van der Waals surface area (Å²) < 4.78 is 30.1. The van der Waals surface area contributed by atoms with Gasteiger partial charge in [0.05, 0.1) is 25.1 Å². The van der Waals surface area contributed by atoms with Crippen molar-refractivity contribution in [3.63, 3.8) is 0 Å². The third kappa shape index (κ3) is 5.47. The first kappa shape index (κ1) is 18.7. The first-order chi connectivity index (χ1) is 10.3. The molecule has 0 spiro atoms. The molecule has 1 rings (SSSR count). The van der Waals surface area contributed by atoms with Crippen LogP contribution in [0.3, 0.4) is 0 Å². The van der Waals surface area contributed by atoms with Gasteiger partial charge in [-0.2, -0.15) is 4.31 Å². The van der Waals surface area contributed by atoms with Crippen molar-refractivity contribution in [3.8, 4) is 5.75 Å². The molecule has 6 nitrogen and oxygen atoms in total. The number of hydrogen-bond acceptors (Lipinski definition) is 4. The maximum atomic E-state index is 12.0. The molecule has 0 saturated heterocycles. The number of benzene rings is 1. The Balaban J connectivity index is 2.72. The van der Waals surface area contributed by atoms with E-state index in [-0.39, 0.29) is 12.3 Å². The Labute approximate surface area is 136 Å². The van der Waals surface area contributed by atoms with Crippen LogP contribution in [-0.2, 0) is 14.8 Å². The van der Waals surface area contributed by atoms with Crippen molar-refractivity contribution in [1.82, 2.24) is 4.31 Å². The van der Waals surface area contributed by atoms with Gasteiger partial charge in [-0.05, 0) is 24.6 Å². The van der Waals surface area contributed by atoms with Gasteiger partial charge < -0.3 is 10.1 Å². The molecule has 0 aliphatic rings. The van der Waals surface area contributed by atoms with E-state index in [1.807, 2.05) is 6.92 Å². The van der Waals surface area contributed by atoms with Crippen LogP contribution >= 0.6 is 11.6 Å². The normalized spacial score (nSPS) is 11.5. The molecule has 0 aromatic heterocycles. The molecule has 0 fully saturated rings. The molecule has 1 aromatic carbocycles. The van der Waals surface area contributed by atoms with Crippen LogP contribution in [0.2, 0.25) is 5.02 Å². The van der Waals surface area contributed by atoms with Crippen molar-refractivity contribution in [3.05, 3.63) is 23.2 Å². The number of carbonyl (C=O) groups is 1. The number of anilines is 1. The summed E-state index contributed by atoms with van der Waals surface area (Å²) in [6, 6.07) is 4.81. The number of likely N-dealkylation sites (N-methyl/N-ethyl adjacent to an activating group) is 1. The summed E-state index contributed by atoms with van der Waals surface area (Å²) in [5.41, 5.74) is 0.402. The lowest BCUT2D eigenvalue weighted by Gasteiger charge is -2.17. The molecule has 8 heteroatoms. The van der Waals surface area contributed by atoms with Gasteiger partial charge in [-0.1, -0.05) is 24.9 Å². The van der Waals surface area contributed by atoms with E-state index in [0.29, 0.717) is 22.9 Å². The number of unbranched alkanes of at least 4 members (excludes halogenated alkanes) is 1. The number of halogens is 1. The van der Waals surface area contributed by atoms with Crippen LogP contribution in [0.1, 0.15) is 19.8 Å². The highest BCUT2D eigenvalue weighted by Crippen LogP contribution is 2.27. The molecule has 0 aliphatic heterocycles. The quantitative estimate of drug-likeness (QED) is 0.782. The average Bonchev–Trinajstić information content (AvgIpc) is 2.45. The molecule has 0 bridgehead atoms. The monoisotopic (exact) mass is 348 g/mol. The molecule has 0 radical (unpaired) electrons. The number of hydrogen-bond donors (Lipinski definition) is 1. The number of sulfonamides is 1. The third-order valence-corrected chi connectivity index (χ3v) is 5.15. The summed E-state index contributed by atoms with van der Waals surface area (Å²) in [6.45, 7) is 1.65. The highest BCUT2D eigenvalue weighted by molar-refractivity contribution is 7.89. The van der Waals surface area contributed by atoms with Crippen LogP contribution in [0.25, 0.3) is 0 Å². The van der Waals surface area contributed by atoms with E-state index in [1.54, 1.807) is 18.2 Å². The minimum Gasteiger partial charge on any atom is -0.495 e. The van der Waals surface area contributed by atoms with Crippen molar-refractivity contribution in [2.45, 2.75) is 19.8 Å². The second kappa shape index (κ2) is 8.36. The van der Waals surface area contributed by atoms with Crippen molar-refractivity contribution in [1.29, 1.82) is 0 Å². The van der Waals surface area contributed by atoms with Gasteiger partial charge in [0.25, 0.3) is 0 Å². The van der Waals surface area contributed by atoms with Crippen molar-refractivity contribution < 1.29 is 17.9 Å². The number of nitrogens with zero attached hydrogens (tertiary/aromatic N) is 1. The SMILES string of the molecule is CCCCS(=O)(=O)N(C)CC(=O)Nc1cc(Cl)ccc1OC. The van der Waals surface area contributed by atoms with E-state index >= 15 is 0 Å². The van der Waals surface area contributed by atoms with Crippen LogP contribution in [0, 0.1) is 0 Å². The fourth-order valence-corrected chi connectivity index (χ4v) is 3.20. The molecule has 0 atom stereocenters. The topological polar surface area (TPSA) is 75.7 Å². The van der Waals surface area contributed by atoms with Gasteiger partial charge in [0.2, 0.25) is 15.9 Å². The summed E-state index contributed by atoms with van der Waals surface area (Å²) in [5.74, 6) is 0.0331. The lowest BCUT2D eigenvalue weighted by Crippen LogP contribution is -2.36. The maximum Gasteiger partial charge on any atom is 0.239 e. The summed E-state index contributed by atoms with van der Waals surface area (Å²) in [6.07, 6.45) is 1.34. The lowest BCUT2D eigenvalue weighted by atomic mass is 10.3. The Hall–Kier alpha value is -1.31. The van der Waals surface area contributed by atoms with Gasteiger partial charge in [-0.3, -0.25) is 4.79 Å². The number of amides is 1. The molecular weight excluding hydrogens is 328 g/mol. The van der Waals surface area contributed by atoms with E-state index in [2.05, 4.69) is 5.32 Å². The number of ether oxygens (including phenoxy) is 1. The minimum atomic E-state index is -3.42. The van der Waals surface area contributed by atoms with E-state index in [0.717, 1.165) is 10.7 Å². The molecule has 0 aliphatic carbocycles. The largest absolute Gasteiger partial charge is 0.495 e. The molecule has 0 unspecified atom stereocenters. The van der Waals surface area contributed by atoms with Crippen LogP contribution < -0.4 is 10.1 Å². The molecule has 1 aromatic rings. The maximum absolute atomic E-state index is 12.0. The Bertz CT molecular complexity index is 619. The summed E-state index contributed by atoms with van der Waals surface area (Å²) >= 11 is 5.88. The first-order valence-electron chi connectivity index (χ1n) is 6.87. The molecule has 0 saturated carbocycles. The molecule has 1 amide bonds. The van der Waals surface area contributed by atoms with Crippen molar-refractivity contribution in [2.24, 2.45) is 0 Å². The van der Waals surface area contributed by atoms with Gasteiger partial charge in [0, 0.05) is 12.1 Å². The minimum absolute atomic E-state index is 0.0355. The molecule has 0 heterocycles. The van der Waals surface area contributed by atoms with E-state index in [1.165, 1.54) is 14.2 Å². The van der Waals surface area contributed by atoms with Crippen LogP contribution in [0.15, 0.2) is 18.2 Å². The van der Waals surface area contributed by atoms with E-state index in [9.17, 15) is 13.2 Å². The van der Waals surface area contributed by atoms with E-state index < -0.39 is 15.9 Å². The van der Waals surface area contributed by atoms with Gasteiger partial charge in [0.15, 0.2) is 0 Å². The molecule has 22 heavy (non-hydrogen) atoms. The van der Waals surface area contributed by atoms with Gasteiger partial charge >= 0.3 is 0 Å². The fourth-order valence-electron chi connectivity index (χ4n) is 1.75.